The van der Waals surface area contributed by atoms with Crippen LogP contribution in [0.2, 0.25) is 0 Å². The van der Waals surface area contributed by atoms with E-state index in [9.17, 15) is 4.79 Å². The largest absolute Gasteiger partial charge is 0.397 e. The molecule has 1 amide bonds. The Kier molecular flexibility index (Phi) is 4.00. The zero-order valence-electron chi connectivity index (χ0n) is 12.8. The molecule has 3 rings (SSSR count). The SMILES string of the molecule is Cc1ccc2c(c1)CCCN2CC(=O)Nc1ccccc1N. The van der Waals surface area contributed by atoms with E-state index < -0.39 is 0 Å². The first kappa shape index (κ1) is 14.4. The van der Waals surface area contributed by atoms with Gasteiger partial charge in [-0.3, -0.25) is 4.79 Å². The van der Waals surface area contributed by atoms with Crippen LogP contribution in [0.5, 0.6) is 0 Å². The minimum absolute atomic E-state index is 0.0358. The number of hydrogen-bond acceptors (Lipinski definition) is 3. The number of amides is 1. The highest BCUT2D eigenvalue weighted by atomic mass is 16.2. The average molecular weight is 295 g/mol. The molecule has 3 N–H and O–H groups in total. The first-order chi connectivity index (χ1) is 10.6. The minimum Gasteiger partial charge on any atom is -0.397 e. The summed E-state index contributed by atoms with van der Waals surface area (Å²) in [6, 6.07) is 13.8. The molecule has 0 radical (unpaired) electrons. The second kappa shape index (κ2) is 6.10. The number of hydrogen-bond donors (Lipinski definition) is 2. The zero-order valence-corrected chi connectivity index (χ0v) is 12.8. The van der Waals surface area contributed by atoms with Gasteiger partial charge in [-0.2, -0.15) is 0 Å². The number of nitrogens with zero attached hydrogens (tertiary/aromatic N) is 1. The van der Waals surface area contributed by atoms with Crippen LogP contribution < -0.4 is 16.0 Å². The van der Waals surface area contributed by atoms with Crippen LogP contribution in [0.15, 0.2) is 42.5 Å². The van der Waals surface area contributed by atoms with E-state index in [0.29, 0.717) is 17.9 Å². The van der Waals surface area contributed by atoms with E-state index in [2.05, 4.69) is 35.3 Å². The summed E-state index contributed by atoms with van der Waals surface area (Å²) >= 11 is 0. The number of rotatable bonds is 3. The molecule has 22 heavy (non-hydrogen) atoms. The van der Waals surface area contributed by atoms with Gasteiger partial charge in [0.2, 0.25) is 5.91 Å². The van der Waals surface area contributed by atoms with E-state index in [0.717, 1.165) is 19.4 Å². The molecule has 4 heteroatoms. The third-order valence-electron chi connectivity index (χ3n) is 4.02. The lowest BCUT2D eigenvalue weighted by Crippen LogP contribution is -2.36. The van der Waals surface area contributed by atoms with Gasteiger partial charge in [0.15, 0.2) is 0 Å². The van der Waals surface area contributed by atoms with Gasteiger partial charge in [-0.1, -0.05) is 29.8 Å². The van der Waals surface area contributed by atoms with Gasteiger partial charge in [-0.25, -0.2) is 0 Å². The van der Waals surface area contributed by atoms with Crippen LogP contribution in [0.3, 0.4) is 0 Å². The van der Waals surface area contributed by atoms with Crippen molar-refractivity contribution in [2.24, 2.45) is 0 Å². The number of carbonyl (C=O) groups excluding carboxylic acids is 1. The molecule has 1 heterocycles. The Morgan fingerprint density at radius 2 is 2.09 bits per heavy atom. The van der Waals surface area contributed by atoms with Crippen molar-refractivity contribution < 1.29 is 4.79 Å². The van der Waals surface area contributed by atoms with Crippen molar-refractivity contribution in [3.05, 3.63) is 53.6 Å². The fraction of sp³-hybridized carbons (Fsp3) is 0.278. The number of nitrogen functional groups attached to an aromatic ring is 1. The Morgan fingerprint density at radius 1 is 1.27 bits per heavy atom. The smallest absolute Gasteiger partial charge is 0.243 e. The van der Waals surface area contributed by atoms with Crippen molar-refractivity contribution >= 4 is 23.0 Å². The van der Waals surface area contributed by atoms with Crippen molar-refractivity contribution in [3.63, 3.8) is 0 Å². The number of nitrogens with two attached hydrogens (primary N) is 1. The fourth-order valence-electron chi connectivity index (χ4n) is 2.94. The molecule has 0 unspecified atom stereocenters. The number of benzene rings is 2. The molecule has 2 aromatic rings. The molecule has 2 aromatic carbocycles. The number of fused-ring (bicyclic) bond motifs is 1. The lowest BCUT2D eigenvalue weighted by atomic mass is 9.99. The summed E-state index contributed by atoms with van der Waals surface area (Å²) in [6.45, 7) is 3.36. The standard InChI is InChI=1S/C18H21N3O/c1-13-8-9-17-14(11-13)5-4-10-21(17)12-18(22)20-16-7-3-2-6-15(16)19/h2-3,6-9,11H,4-5,10,12,19H2,1H3,(H,20,22). The Hall–Kier alpha value is -2.49. The topological polar surface area (TPSA) is 58.4 Å². The van der Waals surface area contributed by atoms with E-state index in [1.807, 2.05) is 18.2 Å². The van der Waals surface area contributed by atoms with Crippen molar-refractivity contribution in [2.45, 2.75) is 19.8 Å². The number of aryl methyl sites for hydroxylation is 2. The summed E-state index contributed by atoms with van der Waals surface area (Å²) in [7, 11) is 0. The summed E-state index contributed by atoms with van der Waals surface area (Å²) in [6.07, 6.45) is 2.16. The maximum atomic E-state index is 12.3. The maximum Gasteiger partial charge on any atom is 0.243 e. The molecular formula is C18H21N3O. The normalized spacial score (nSPS) is 13.6. The van der Waals surface area contributed by atoms with Crippen molar-refractivity contribution in [3.8, 4) is 0 Å². The van der Waals surface area contributed by atoms with Crippen LogP contribution in [0.1, 0.15) is 17.5 Å². The van der Waals surface area contributed by atoms with Crippen molar-refractivity contribution in [1.29, 1.82) is 0 Å². The molecule has 0 aromatic heterocycles. The molecule has 114 valence electrons. The van der Waals surface area contributed by atoms with Crippen LogP contribution in [0, 0.1) is 6.92 Å². The number of para-hydroxylation sites is 2. The Labute approximate surface area is 130 Å². The molecule has 0 saturated carbocycles. The lowest BCUT2D eigenvalue weighted by molar-refractivity contribution is -0.115. The van der Waals surface area contributed by atoms with E-state index >= 15 is 0 Å². The predicted octanol–water partition coefficient (Wildman–Crippen LogP) is 2.97. The van der Waals surface area contributed by atoms with Gasteiger partial charge in [-0.05, 0) is 43.5 Å². The predicted molar refractivity (Wildman–Crippen MR) is 91.2 cm³/mol. The molecule has 4 nitrogen and oxygen atoms in total. The molecule has 1 aliphatic heterocycles. The molecule has 0 atom stereocenters. The second-order valence-electron chi connectivity index (χ2n) is 5.79. The van der Waals surface area contributed by atoms with Gasteiger partial charge >= 0.3 is 0 Å². The first-order valence-electron chi connectivity index (χ1n) is 7.62. The van der Waals surface area contributed by atoms with Gasteiger partial charge < -0.3 is 16.0 Å². The van der Waals surface area contributed by atoms with Gasteiger partial charge in [0.05, 0.1) is 17.9 Å². The molecule has 1 aliphatic rings. The minimum atomic E-state index is -0.0358. The summed E-state index contributed by atoms with van der Waals surface area (Å²) in [5, 5.41) is 2.89. The van der Waals surface area contributed by atoms with Gasteiger partial charge in [0.25, 0.3) is 0 Å². The zero-order chi connectivity index (χ0) is 15.5. The summed E-state index contributed by atoms with van der Waals surface area (Å²) in [5.41, 5.74) is 10.9. The third-order valence-corrected chi connectivity index (χ3v) is 4.02. The summed E-state index contributed by atoms with van der Waals surface area (Å²) in [4.78, 5) is 14.4. The van der Waals surface area contributed by atoms with Gasteiger partial charge in [-0.15, -0.1) is 0 Å². The quantitative estimate of drug-likeness (QED) is 0.856. The van der Waals surface area contributed by atoms with Crippen LogP contribution in [-0.4, -0.2) is 19.0 Å². The molecule has 0 aliphatic carbocycles. The van der Waals surface area contributed by atoms with E-state index in [-0.39, 0.29) is 5.91 Å². The third kappa shape index (κ3) is 3.06. The highest BCUT2D eigenvalue weighted by Gasteiger charge is 2.19. The Bertz CT molecular complexity index is 696. The van der Waals surface area contributed by atoms with E-state index in [4.69, 9.17) is 5.73 Å². The fourth-order valence-corrected chi connectivity index (χ4v) is 2.94. The Morgan fingerprint density at radius 3 is 2.91 bits per heavy atom. The average Bonchev–Trinajstić information content (AvgIpc) is 2.49. The number of nitrogens with one attached hydrogen (secondary N) is 1. The van der Waals surface area contributed by atoms with Gasteiger partial charge in [0.1, 0.15) is 0 Å². The molecule has 0 bridgehead atoms. The summed E-state index contributed by atoms with van der Waals surface area (Å²) in [5.74, 6) is -0.0358. The van der Waals surface area contributed by atoms with E-state index in [1.165, 1.54) is 16.8 Å². The highest BCUT2D eigenvalue weighted by Crippen LogP contribution is 2.28. The van der Waals surface area contributed by atoms with E-state index in [1.54, 1.807) is 6.07 Å². The highest BCUT2D eigenvalue weighted by molar-refractivity contribution is 5.96. The molecular weight excluding hydrogens is 274 g/mol. The molecule has 0 fully saturated rings. The maximum absolute atomic E-state index is 12.3. The van der Waals surface area contributed by atoms with Crippen molar-refractivity contribution in [2.75, 3.05) is 29.0 Å². The number of carbonyl (C=O) groups is 1. The molecule has 0 saturated heterocycles. The number of anilines is 3. The summed E-state index contributed by atoms with van der Waals surface area (Å²) < 4.78 is 0. The van der Waals surface area contributed by atoms with Crippen LogP contribution in [-0.2, 0) is 11.2 Å². The lowest BCUT2D eigenvalue weighted by Gasteiger charge is -2.31. The van der Waals surface area contributed by atoms with Crippen LogP contribution >= 0.6 is 0 Å². The van der Waals surface area contributed by atoms with Gasteiger partial charge in [0, 0.05) is 12.2 Å². The second-order valence-corrected chi connectivity index (χ2v) is 5.79. The monoisotopic (exact) mass is 295 g/mol. The van der Waals surface area contributed by atoms with Crippen LogP contribution in [0.25, 0.3) is 0 Å². The van der Waals surface area contributed by atoms with Crippen LogP contribution in [0.4, 0.5) is 17.1 Å². The molecule has 0 spiro atoms. The Balaban J connectivity index is 1.72. The first-order valence-corrected chi connectivity index (χ1v) is 7.62. The van der Waals surface area contributed by atoms with Crippen molar-refractivity contribution in [1.82, 2.24) is 0 Å².